The Bertz CT molecular complexity index is 1990. The molecule has 0 aliphatic carbocycles. The van der Waals surface area contributed by atoms with Crippen molar-refractivity contribution in [2.75, 3.05) is 13.2 Å². The Hall–Kier alpha value is -4.84. The molecular weight excluding hydrogens is 743 g/mol. The molecule has 0 atom stereocenters. The molecule has 320 valence electrons. The van der Waals surface area contributed by atoms with E-state index in [0.29, 0.717) is 13.2 Å². The molecule has 5 heteroatoms. The van der Waals surface area contributed by atoms with Crippen molar-refractivity contribution in [1.29, 1.82) is 0 Å². The van der Waals surface area contributed by atoms with E-state index in [1.165, 1.54) is 128 Å². The molecule has 0 radical (unpaired) electrons. The first-order chi connectivity index (χ1) is 30.2. The van der Waals surface area contributed by atoms with Crippen molar-refractivity contribution in [2.24, 2.45) is 0 Å². The van der Waals surface area contributed by atoms with Crippen LogP contribution in [-0.4, -0.2) is 29.6 Å². The smallest absolute Gasteiger partial charge is 0.212 e. The summed E-state index contributed by atoms with van der Waals surface area (Å²) in [5.41, 5.74) is 10.3. The molecule has 0 saturated heterocycles. The highest BCUT2D eigenvalue weighted by molar-refractivity contribution is 7.19. The molecule has 0 bridgehead atoms. The molecule has 2 heterocycles. The van der Waals surface area contributed by atoms with E-state index >= 15 is 0 Å². The summed E-state index contributed by atoms with van der Waals surface area (Å²) in [7, 11) is 0. The van der Waals surface area contributed by atoms with Gasteiger partial charge in [0.25, 0.3) is 0 Å². The van der Waals surface area contributed by atoms with E-state index in [4.69, 9.17) is 10.2 Å². The van der Waals surface area contributed by atoms with Gasteiger partial charge in [0.15, 0.2) is 18.6 Å². The van der Waals surface area contributed by atoms with Crippen LogP contribution in [0.5, 0.6) is 0 Å². The Morgan fingerprint density at radius 3 is 1.21 bits per heavy atom. The normalized spacial score (nSPS) is 11.6. The number of benzene rings is 4. The Balaban J connectivity index is 1.25. The Labute approximate surface area is 368 Å². The lowest BCUT2D eigenvalue weighted by Crippen LogP contribution is -2.74. The number of pyridine rings is 2. The topological polar surface area (TPSA) is 48.2 Å². The SMILES string of the molecule is OCCCCCCCCCCC[n+]1ccc(-c2cc[n+](CCCCCCCCCCCO)c(-c3cccc([B-](c4ccccc4)(c4ccccc4)c4ccccc4)c3)c2)cc1. The van der Waals surface area contributed by atoms with Gasteiger partial charge in [0.2, 0.25) is 5.69 Å². The number of unbranched alkanes of at least 4 members (excludes halogenated alkanes) is 16. The first-order valence-corrected chi connectivity index (χ1v) is 23.9. The van der Waals surface area contributed by atoms with E-state index in [-0.39, 0.29) is 0 Å². The number of rotatable bonds is 28. The van der Waals surface area contributed by atoms with E-state index in [1.54, 1.807) is 0 Å². The van der Waals surface area contributed by atoms with Crippen molar-refractivity contribution in [2.45, 2.75) is 129 Å². The fourth-order valence-corrected chi connectivity index (χ4v) is 9.57. The molecule has 0 amide bonds. The summed E-state index contributed by atoms with van der Waals surface area (Å²) in [5.74, 6) is 0. The largest absolute Gasteiger partial charge is 0.396 e. The highest BCUT2D eigenvalue weighted by atomic mass is 16.3. The lowest BCUT2D eigenvalue weighted by Gasteiger charge is -2.44. The Kier molecular flexibility index (Phi) is 19.3. The van der Waals surface area contributed by atoms with E-state index in [1.807, 2.05) is 0 Å². The predicted molar refractivity (Wildman–Crippen MR) is 259 cm³/mol. The molecule has 6 aromatic rings. The molecular formula is C56H72BN2O2+. The predicted octanol–water partition coefficient (Wildman–Crippen LogP) is 9.98. The zero-order chi connectivity index (χ0) is 42.2. The summed E-state index contributed by atoms with van der Waals surface area (Å²) in [4.78, 5) is 0. The third kappa shape index (κ3) is 13.3. The highest BCUT2D eigenvalue weighted by Crippen LogP contribution is 2.24. The van der Waals surface area contributed by atoms with Crippen LogP contribution in [0.2, 0.25) is 0 Å². The molecule has 0 fully saturated rings. The van der Waals surface area contributed by atoms with Gasteiger partial charge >= 0.3 is 0 Å². The van der Waals surface area contributed by atoms with E-state index < -0.39 is 6.15 Å². The maximum absolute atomic E-state index is 9.09. The van der Waals surface area contributed by atoms with Gasteiger partial charge in [0, 0.05) is 55.9 Å². The minimum absolute atomic E-state index is 0.320. The maximum Gasteiger partial charge on any atom is 0.212 e. The van der Waals surface area contributed by atoms with E-state index in [0.717, 1.165) is 45.2 Å². The number of nitrogens with zero attached hydrogens (tertiary/aromatic N) is 2. The number of aliphatic hydroxyl groups excluding tert-OH is 2. The zero-order valence-electron chi connectivity index (χ0n) is 36.9. The molecule has 4 aromatic carbocycles. The van der Waals surface area contributed by atoms with Crippen molar-refractivity contribution >= 4 is 28.0 Å². The quantitative estimate of drug-likeness (QED) is 0.0295. The van der Waals surface area contributed by atoms with Gasteiger partial charge in [-0.2, -0.15) is 26.4 Å². The molecule has 0 unspecified atom stereocenters. The summed E-state index contributed by atoms with van der Waals surface area (Å²) in [5, 5.41) is 18.1. The molecule has 61 heavy (non-hydrogen) atoms. The van der Waals surface area contributed by atoms with Crippen molar-refractivity contribution in [3.05, 3.63) is 158 Å². The summed E-state index contributed by atoms with van der Waals surface area (Å²) in [6, 6.07) is 52.1. The molecule has 0 aliphatic heterocycles. The van der Waals surface area contributed by atoms with Crippen LogP contribution in [0.3, 0.4) is 0 Å². The van der Waals surface area contributed by atoms with Gasteiger partial charge in [-0.25, -0.2) is 4.57 Å². The van der Waals surface area contributed by atoms with Crippen LogP contribution in [0, 0.1) is 0 Å². The van der Waals surface area contributed by atoms with Gasteiger partial charge in [-0.3, -0.25) is 0 Å². The van der Waals surface area contributed by atoms with Crippen LogP contribution >= 0.6 is 0 Å². The second-order valence-electron chi connectivity index (χ2n) is 17.4. The number of hydrogen-bond acceptors (Lipinski definition) is 2. The van der Waals surface area contributed by atoms with Crippen LogP contribution in [0.4, 0.5) is 0 Å². The Morgan fingerprint density at radius 2 is 0.738 bits per heavy atom. The second kappa shape index (κ2) is 25.8. The van der Waals surface area contributed by atoms with Crippen LogP contribution < -0.4 is 31.0 Å². The Morgan fingerprint density at radius 1 is 0.328 bits per heavy atom. The monoisotopic (exact) mass is 816 g/mol. The fraction of sp³-hybridized carbons (Fsp3) is 0.393. The number of aliphatic hydroxyl groups is 2. The number of hydrogen-bond donors (Lipinski definition) is 2. The summed E-state index contributed by atoms with van der Waals surface area (Å²) in [6.45, 7) is 2.69. The summed E-state index contributed by atoms with van der Waals surface area (Å²) >= 11 is 0. The van der Waals surface area contributed by atoms with Gasteiger partial charge in [-0.15, -0.1) is 0 Å². The van der Waals surface area contributed by atoms with Crippen molar-refractivity contribution < 1.29 is 19.3 Å². The van der Waals surface area contributed by atoms with Gasteiger partial charge in [0.05, 0.1) is 0 Å². The van der Waals surface area contributed by atoms with Gasteiger partial charge < -0.3 is 10.2 Å². The average Bonchev–Trinajstić information content (AvgIpc) is 3.32. The molecule has 4 nitrogen and oxygen atoms in total. The third-order valence-electron chi connectivity index (χ3n) is 13.0. The second-order valence-corrected chi connectivity index (χ2v) is 17.4. The lowest BCUT2D eigenvalue weighted by molar-refractivity contribution is -0.697. The van der Waals surface area contributed by atoms with Crippen molar-refractivity contribution in [1.82, 2.24) is 0 Å². The minimum atomic E-state index is -1.48. The first-order valence-electron chi connectivity index (χ1n) is 23.9. The molecule has 6 rings (SSSR count). The van der Waals surface area contributed by atoms with Gasteiger partial charge in [0.1, 0.15) is 19.2 Å². The number of aryl methyl sites for hydroxylation is 2. The zero-order valence-corrected chi connectivity index (χ0v) is 36.9. The van der Waals surface area contributed by atoms with E-state index in [2.05, 4.69) is 167 Å². The van der Waals surface area contributed by atoms with Gasteiger partial charge in [-0.1, -0.05) is 186 Å². The lowest BCUT2D eigenvalue weighted by atomic mass is 9.13. The molecule has 2 aromatic heterocycles. The van der Waals surface area contributed by atoms with Crippen LogP contribution in [0.25, 0.3) is 22.4 Å². The van der Waals surface area contributed by atoms with Gasteiger partial charge in [-0.05, 0) is 42.9 Å². The number of aromatic nitrogens is 2. The molecule has 2 N–H and O–H groups in total. The van der Waals surface area contributed by atoms with Crippen molar-refractivity contribution in [3.8, 4) is 22.4 Å². The van der Waals surface area contributed by atoms with Crippen LogP contribution in [0.1, 0.15) is 116 Å². The first kappa shape index (κ1) is 45.7. The van der Waals surface area contributed by atoms with Crippen molar-refractivity contribution in [3.63, 3.8) is 0 Å². The molecule has 0 aliphatic rings. The van der Waals surface area contributed by atoms with Crippen LogP contribution in [0.15, 0.2) is 158 Å². The summed E-state index contributed by atoms with van der Waals surface area (Å²) in [6.07, 6.45) is 27.3. The highest BCUT2D eigenvalue weighted by Gasteiger charge is 2.32. The summed E-state index contributed by atoms with van der Waals surface area (Å²) < 4.78 is 4.84. The average molecular weight is 816 g/mol. The van der Waals surface area contributed by atoms with E-state index in [9.17, 15) is 0 Å². The molecule has 0 spiro atoms. The minimum Gasteiger partial charge on any atom is -0.396 e. The van der Waals surface area contributed by atoms with Crippen LogP contribution in [-0.2, 0) is 13.1 Å². The molecule has 0 saturated carbocycles. The standard InChI is InChI=1S/C56H72BN2O2/c60-45-26-13-9-5-1-3-7-11-24-40-58-42-37-49(38-43-58)50-39-44-59(41-25-12-8-4-2-6-10-14-27-46-61)56(48-50)51-29-28-36-55(47-51)57(52-30-18-15-19-31-52,53-32-20-16-21-33-53)54-34-22-17-23-35-54/h15-23,28-39,42-44,47-48,60-61H,1-14,24-27,40-41,45-46H2/q+1. The fourth-order valence-electron chi connectivity index (χ4n) is 9.57. The third-order valence-corrected chi connectivity index (χ3v) is 13.0. The maximum atomic E-state index is 9.09.